The van der Waals surface area contributed by atoms with E-state index in [0.29, 0.717) is 52.5 Å². The molecule has 2 amide bonds. The summed E-state index contributed by atoms with van der Waals surface area (Å²) in [5.41, 5.74) is 0. The van der Waals surface area contributed by atoms with Gasteiger partial charge in [-0.1, -0.05) is 0 Å². The van der Waals surface area contributed by atoms with Gasteiger partial charge in [0.15, 0.2) is 0 Å². The molecule has 2 rings (SSSR count). The van der Waals surface area contributed by atoms with Crippen molar-refractivity contribution >= 4 is 12.0 Å². The number of hydrogen-bond donors (Lipinski definition) is 1. The van der Waals surface area contributed by atoms with Crippen LogP contribution >= 0.6 is 0 Å². The summed E-state index contributed by atoms with van der Waals surface area (Å²) in [6, 6.07) is -0.619. The van der Waals surface area contributed by atoms with E-state index < -0.39 is 6.04 Å². The van der Waals surface area contributed by atoms with E-state index in [9.17, 15) is 9.59 Å². The van der Waals surface area contributed by atoms with E-state index in [1.165, 1.54) is 0 Å². The Morgan fingerprint density at radius 1 is 1.32 bits per heavy atom. The third kappa shape index (κ3) is 3.36. The maximum absolute atomic E-state index is 12.4. The highest BCUT2D eigenvalue weighted by Gasteiger charge is 2.35. The van der Waals surface area contributed by atoms with Gasteiger partial charge in [-0.2, -0.15) is 0 Å². The summed E-state index contributed by atoms with van der Waals surface area (Å²) in [6.45, 7) is 6.05. The van der Waals surface area contributed by atoms with Crippen molar-refractivity contribution in [1.29, 1.82) is 0 Å². The van der Waals surface area contributed by atoms with E-state index >= 15 is 0 Å². The van der Waals surface area contributed by atoms with Crippen LogP contribution in [0.15, 0.2) is 0 Å². The largest absolute Gasteiger partial charge is 0.464 e. The van der Waals surface area contributed by atoms with E-state index in [0.717, 1.165) is 0 Å². The number of esters is 1. The summed E-state index contributed by atoms with van der Waals surface area (Å²) in [5.74, 6) is -0.337. The van der Waals surface area contributed by atoms with Crippen molar-refractivity contribution in [2.75, 3.05) is 52.5 Å². The fraction of sp³-hybridized carbons (Fsp3) is 0.833. The van der Waals surface area contributed by atoms with E-state index in [2.05, 4.69) is 5.32 Å². The molecule has 0 spiro atoms. The number of ether oxygens (including phenoxy) is 2. The molecule has 2 fully saturated rings. The molecular weight excluding hydrogens is 250 g/mol. The minimum Gasteiger partial charge on any atom is -0.464 e. The Bertz CT molecular complexity index is 331. The van der Waals surface area contributed by atoms with E-state index in [4.69, 9.17) is 9.47 Å². The molecule has 0 aromatic rings. The number of nitrogens with zero attached hydrogens (tertiary/aromatic N) is 2. The molecule has 2 aliphatic heterocycles. The number of piperazine rings is 1. The maximum Gasteiger partial charge on any atom is 0.330 e. The second-order valence-electron chi connectivity index (χ2n) is 4.55. The minimum absolute atomic E-state index is 0.0946. The molecule has 0 bridgehead atoms. The number of rotatable bonds is 2. The zero-order valence-corrected chi connectivity index (χ0v) is 11.3. The highest BCUT2D eigenvalue weighted by molar-refractivity contribution is 5.84. The summed E-state index contributed by atoms with van der Waals surface area (Å²) in [4.78, 5) is 27.7. The Kier molecular flexibility index (Phi) is 4.98. The molecule has 108 valence electrons. The fourth-order valence-corrected chi connectivity index (χ4v) is 2.32. The summed E-state index contributed by atoms with van der Waals surface area (Å²) in [6.07, 6.45) is 0. The van der Waals surface area contributed by atoms with Gasteiger partial charge in [-0.15, -0.1) is 0 Å². The lowest BCUT2D eigenvalue weighted by molar-refractivity contribution is -0.149. The topological polar surface area (TPSA) is 71.1 Å². The Morgan fingerprint density at radius 2 is 2.05 bits per heavy atom. The fourth-order valence-electron chi connectivity index (χ4n) is 2.32. The molecule has 2 saturated heterocycles. The number of morpholine rings is 1. The van der Waals surface area contributed by atoms with Gasteiger partial charge in [0, 0.05) is 32.7 Å². The average Bonchev–Trinajstić information content (AvgIpc) is 2.47. The number of hydrogen-bond acceptors (Lipinski definition) is 5. The normalized spacial score (nSPS) is 24.2. The van der Waals surface area contributed by atoms with Gasteiger partial charge in [-0.3, -0.25) is 0 Å². The maximum atomic E-state index is 12.4. The molecule has 0 radical (unpaired) electrons. The van der Waals surface area contributed by atoms with Crippen LogP contribution in [0.5, 0.6) is 0 Å². The van der Waals surface area contributed by atoms with Gasteiger partial charge < -0.3 is 24.6 Å². The molecule has 1 unspecified atom stereocenters. The monoisotopic (exact) mass is 271 g/mol. The van der Waals surface area contributed by atoms with Crippen molar-refractivity contribution in [3.8, 4) is 0 Å². The van der Waals surface area contributed by atoms with Gasteiger partial charge in [-0.05, 0) is 6.92 Å². The van der Waals surface area contributed by atoms with Crippen molar-refractivity contribution in [3.63, 3.8) is 0 Å². The average molecular weight is 271 g/mol. The van der Waals surface area contributed by atoms with Crippen LogP contribution in [0.4, 0.5) is 4.79 Å². The predicted octanol–water partition coefficient (Wildman–Crippen LogP) is -0.724. The zero-order chi connectivity index (χ0) is 13.7. The second-order valence-corrected chi connectivity index (χ2v) is 4.55. The number of amides is 2. The van der Waals surface area contributed by atoms with Crippen molar-refractivity contribution in [3.05, 3.63) is 0 Å². The molecule has 2 heterocycles. The lowest BCUT2D eigenvalue weighted by Gasteiger charge is -2.39. The second kappa shape index (κ2) is 6.72. The number of nitrogens with one attached hydrogen (secondary N) is 1. The van der Waals surface area contributed by atoms with Gasteiger partial charge >= 0.3 is 12.0 Å². The first-order valence-electron chi connectivity index (χ1n) is 6.74. The molecule has 19 heavy (non-hydrogen) atoms. The lowest BCUT2D eigenvalue weighted by atomic mass is 10.2. The van der Waals surface area contributed by atoms with Crippen LogP contribution in [-0.4, -0.2) is 80.4 Å². The highest BCUT2D eigenvalue weighted by atomic mass is 16.5. The zero-order valence-electron chi connectivity index (χ0n) is 11.3. The smallest absolute Gasteiger partial charge is 0.330 e. The highest BCUT2D eigenvalue weighted by Crippen LogP contribution is 2.11. The molecular formula is C12H21N3O4. The van der Waals surface area contributed by atoms with Crippen LogP contribution in [0, 0.1) is 0 Å². The Labute approximate surface area is 112 Å². The van der Waals surface area contributed by atoms with Crippen LogP contribution in [0.1, 0.15) is 6.92 Å². The predicted molar refractivity (Wildman–Crippen MR) is 67.8 cm³/mol. The standard InChI is InChI=1S/C12H21N3O4/c1-2-19-11(16)10-9-13-3-4-15(10)12(17)14-5-7-18-8-6-14/h10,13H,2-9H2,1H3. The van der Waals surface area contributed by atoms with E-state index in [-0.39, 0.29) is 12.0 Å². The van der Waals surface area contributed by atoms with E-state index in [1.54, 1.807) is 16.7 Å². The SMILES string of the molecule is CCOC(=O)C1CNCCN1C(=O)N1CCOCC1. The minimum atomic E-state index is -0.524. The quantitative estimate of drug-likeness (QED) is 0.671. The first-order chi connectivity index (χ1) is 9.24. The molecule has 0 saturated carbocycles. The van der Waals surface area contributed by atoms with Gasteiger partial charge in [0.1, 0.15) is 6.04 Å². The molecule has 7 heteroatoms. The summed E-state index contributed by atoms with van der Waals surface area (Å²) < 4.78 is 10.3. The van der Waals surface area contributed by atoms with Crippen molar-refractivity contribution in [2.24, 2.45) is 0 Å². The van der Waals surface area contributed by atoms with Crippen LogP contribution in [0.25, 0.3) is 0 Å². The summed E-state index contributed by atoms with van der Waals surface area (Å²) >= 11 is 0. The molecule has 0 aromatic heterocycles. The summed E-state index contributed by atoms with van der Waals surface area (Å²) in [5, 5.41) is 3.12. The van der Waals surface area contributed by atoms with Gasteiger partial charge in [0.25, 0.3) is 0 Å². The van der Waals surface area contributed by atoms with Gasteiger partial charge in [0.05, 0.1) is 19.8 Å². The first kappa shape index (κ1) is 14.1. The van der Waals surface area contributed by atoms with Gasteiger partial charge in [-0.25, -0.2) is 9.59 Å². The van der Waals surface area contributed by atoms with Crippen LogP contribution in [-0.2, 0) is 14.3 Å². The third-order valence-electron chi connectivity index (χ3n) is 3.33. The summed E-state index contributed by atoms with van der Waals surface area (Å²) in [7, 11) is 0. The molecule has 7 nitrogen and oxygen atoms in total. The third-order valence-corrected chi connectivity index (χ3v) is 3.33. The molecule has 0 aliphatic carbocycles. The van der Waals surface area contributed by atoms with Gasteiger partial charge in [0.2, 0.25) is 0 Å². The van der Waals surface area contributed by atoms with Crippen LogP contribution in [0.3, 0.4) is 0 Å². The van der Waals surface area contributed by atoms with E-state index in [1.807, 2.05) is 0 Å². The molecule has 0 aromatic carbocycles. The Hall–Kier alpha value is -1.34. The first-order valence-corrected chi connectivity index (χ1v) is 6.74. The Morgan fingerprint density at radius 3 is 2.74 bits per heavy atom. The number of carbonyl (C=O) groups excluding carboxylic acids is 2. The van der Waals surface area contributed by atoms with Crippen LogP contribution in [0.2, 0.25) is 0 Å². The molecule has 1 N–H and O–H groups in total. The van der Waals surface area contributed by atoms with Crippen LogP contribution < -0.4 is 5.32 Å². The van der Waals surface area contributed by atoms with Crippen molar-refractivity contribution in [2.45, 2.75) is 13.0 Å². The van der Waals surface area contributed by atoms with Crippen molar-refractivity contribution < 1.29 is 19.1 Å². The lowest BCUT2D eigenvalue weighted by Crippen LogP contribution is -2.61. The number of urea groups is 1. The Balaban J connectivity index is 2.01. The molecule has 2 aliphatic rings. The van der Waals surface area contributed by atoms with Crippen molar-refractivity contribution in [1.82, 2.24) is 15.1 Å². The number of carbonyl (C=O) groups is 2. The molecule has 1 atom stereocenters.